The van der Waals surface area contributed by atoms with Crippen molar-refractivity contribution in [1.82, 2.24) is 0 Å². The topological polar surface area (TPSA) is 92.7 Å². The second-order valence-electron chi connectivity index (χ2n) is 7.33. The summed E-state index contributed by atoms with van der Waals surface area (Å²) in [4.78, 5) is 29.2. The third kappa shape index (κ3) is 4.66. The molecule has 176 valence electrons. The van der Waals surface area contributed by atoms with Crippen LogP contribution < -0.4 is 18.9 Å². The standard InChI is InChI=1S/C25H15Cl2NO7/c1-31-21-9-13(8-18-25(30)35-23(28-18)16-5-4-15(26)11-17(16)27)2-6-20(21)34-24(29)14-3-7-19-22(10-14)33-12-32-19/h2-11H,12H2,1H3/b18-8-. The van der Waals surface area contributed by atoms with Crippen molar-refractivity contribution in [2.45, 2.75) is 0 Å². The van der Waals surface area contributed by atoms with Crippen LogP contribution in [-0.4, -0.2) is 31.7 Å². The predicted molar refractivity (Wildman–Crippen MR) is 128 cm³/mol. The Morgan fingerprint density at radius 2 is 1.83 bits per heavy atom. The van der Waals surface area contributed by atoms with Crippen molar-refractivity contribution in [3.05, 3.63) is 87.0 Å². The van der Waals surface area contributed by atoms with Gasteiger partial charge in [-0.3, -0.25) is 0 Å². The van der Waals surface area contributed by atoms with E-state index in [1.54, 1.807) is 48.5 Å². The van der Waals surface area contributed by atoms with Gasteiger partial charge in [0.15, 0.2) is 28.7 Å². The Morgan fingerprint density at radius 3 is 2.63 bits per heavy atom. The van der Waals surface area contributed by atoms with Gasteiger partial charge in [-0.2, -0.15) is 0 Å². The molecule has 5 rings (SSSR count). The van der Waals surface area contributed by atoms with Gasteiger partial charge >= 0.3 is 11.9 Å². The summed E-state index contributed by atoms with van der Waals surface area (Å²) in [5.74, 6) is 0.351. The van der Waals surface area contributed by atoms with E-state index in [2.05, 4.69) is 4.99 Å². The molecule has 0 fully saturated rings. The highest BCUT2D eigenvalue weighted by atomic mass is 35.5. The molecule has 35 heavy (non-hydrogen) atoms. The van der Waals surface area contributed by atoms with Crippen LogP contribution in [0.15, 0.2) is 65.3 Å². The van der Waals surface area contributed by atoms with Crippen LogP contribution in [0.1, 0.15) is 21.5 Å². The molecule has 8 nitrogen and oxygen atoms in total. The number of ether oxygens (including phenoxy) is 5. The number of benzene rings is 3. The van der Waals surface area contributed by atoms with Gasteiger partial charge in [0, 0.05) is 5.02 Å². The van der Waals surface area contributed by atoms with E-state index in [4.69, 9.17) is 46.9 Å². The first-order chi connectivity index (χ1) is 16.9. The first-order valence-electron chi connectivity index (χ1n) is 10.2. The van der Waals surface area contributed by atoms with E-state index in [0.717, 1.165) is 0 Å². The lowest BCUT2D eigenvalue weighted by Gasteiger charge is -2.10. The van der Waals surface area contributed by atoms with Crippen LogP contribution in [0.3, 0.4) is 0 Å². The summed E-state index contributed by atoms with van der Waals surface area (Å²) in [6.45, 7) is 0.102. The number of fused-ring (bicyclic) bond motifs is 1. The first kappa shape index (κ1) is 22.8. The minimum Gasteiger partial charge on any atom is -0.493 e. The lowest BCUT2D eigenvalue weighted by molar-refractivity contribution is -0.129. The van der Waals surface area contributed by atoms with Crippen molar-refractivity contribution in [1.29, 1.82) is 0 Å². The molecule has 0 bridgehead atoms. The van der Waals surface area contributed by atoms with Gasteiger partial charge in [0.25, 0.3) is 0 Å². The zero-order chi connectivity index (χ0) is 24.5. The van der Waals surface area contributed by atoms with Gasteiger partial charge in [0.1, 0.15) is 0 Å². The summed E-state index contributed by atoms with van der Waals surface area (Å²) in [5, 5.41) is 0.756. The minimum absolute atomic E-state index is 0.0678. The molecule has 0 aromatic heterocycles. The molecule has 0 spiro atoms. The molecular formula is C25H15Cl2NO7. The number of hydrogen-bond donors (Lipinski definition) is 0. The van der Waals surface area contributed by atoms with E-state index in [1.807, 2.05) is 0 Å². The van der Waals surface area contributed by atoms with E-state index in [-0.39, 0.29) is 29.9 Å². The summed E-state index contributed by atoms with van der Waals surface area (Å²) < 4.78 is 26.7. The van der Waals surface area contributed by atoms with Crippen molar-refractivity contribution in [3.63, 3.8) is 0 Å². The Labute approximate surface area is 209 Å². The summed E-state index contributed by atoms with van der Waals surface area (Å²) >= 11 is 12.1. The molecule has 3 aromatic carbocycles. The Bertz CT molecular complexity index is 1430. The third-order valence-electron chi connectivity index (χ3n) is 5.08. The maximum atomic E-state index is 12.6. The van der Waals surface area contributed by atoms with E-state index >= 15 is 0 Å². The predicted octanol–water partition coefficient (Wildman–Crippen LogP) is 5.29. The zero-order valence-corrected chi connectivity index (χ0v) is 19.6. The summed E-state index contributed by atoms with van der Waals surface area (Å²) in [6.07, 6.45) is 1.52. The van der Waals surface area contributed by atoms with Crippen LogP contribution in [-0.2, 0) is 9.53 Å². The average Bonchev–Trinajstić information content (AvgIpc) is 3.45. The van der Waals surface area contributed by atoms with Crippen molar-refractivity contribution >= 4 is 47.1 Å². The maximum Gasteiger partial charge on any atom is 0.363 e. The van der Waals surface area contributed by atoms with Crippen LogP contribution in [0, 0.1) is 0 Å². The number of carbonyl (C=O) groups is 2. The molecule has 10 heteroatoms. The van der Waals surface area contributed by atoms with Crippen LogP contribution in [0.5, 0.6) is 23.0 Å². The van der Waals surface area contributed by atoms with Gasteiger partial charge < -0.3 is 23.7 Å². The highest BCUT2D eigenvalue weighted by Gasteiger charge is 2.26. The molecule has 2 aliphatic heterocycles. The molecule has 0 saturated carbocycles. The molecule has 0 amide bonds. The number of cyclic esters (lactones) is 1. The highest BCUT2D eigenvalue weighted by molar-refractivity contribution is 6.37. The number of aliphatic imine (C=N–C) groups is 1. The molecule has 0 unspecified atom stereocenters. The molecule has 0 atom stereocenters. The number of methoxy groups -OCH3 is 1. The number of nitrogens with zero attached hydrogens (tertiary/aromatic N) is 1. The van der Waals surface area contributed by atoms with Crippen molar-refractivity contribution in [2.75, 3.05) is 13.9 Å². The molecule has 2 aliphatic rings. The van der Waals surface area contributed by atoms with Gasteiger partial charge in [-0.05, 0) is 60.2 Å². The van der Waals surface area contributed by atoms with Gasteiger partial charge in [-0.15, -0.1) is 0 Å². The number of esters is 2. The Hall–Kier alpha value is -4.01. The SMILES string of the molecule is COc1cc(/C=C2\N=C(c3ccc(Cl)cc3Cl)OC2=O)ccc1OC(=O)c1ccc2c(c1)OCO2. The van der Waals surface area contributed by atoms with E-state index in [1.165, 1.54) is 19.3 Å². The second kappa shape index (κ2) is 9.32. The van der Waals surface area contributed by atoms with Crippen LogP contribution in [0.4, 0.5) is 0 Å². The lowest BCUT2D eigenvalue weighted by Crippen LogP contribution is -2.09. The number of rotatable bonds is 5. The van der Waals surface area contributed by atoms with E-state index in [9.17, 15) is 9.59 Å². The smallest absolute Gasteiger partial charge is 0.363 e. The Morgan fingerprint density at radius 1 is 1.00 bits per heavy atom. The first-order valence-corrected chi connectivity index (χ1v) is 10.9. The number of carbonyl (C=O) groups excluding carboxylic acids is 2. The molecule has 0 radical (unpaired) electrons. The van der Waals surface area contributed by atoms with Gasteiger partial charge in [-0.25, -0.2) is 14.6 Å². The maximum absolute atomic E-state index is 12.6. The highest BCUT2D eigenvalue weighted by Crippen LogP contribution is 2.34. The molecule has 2 heterocycles. The van der Waals surface area contributed by atoms with Crippen LogP contribution in [0.2, 0.25) is 10.0 Å². The average molecular weight is 512 g/mol. The Balaban J connectivity index is 1.37. The summed E-state index contributed by atoms with van der Waals surface area (Å²) in [7, 11) is 1.44. The molecule has 0 N–H and O–H groups in total. The van der Waals surface area contributed by atoms with E-state index < -0.39 is 11.9 Å². The van der Waals surface area contributed by atoms with Gasteiger partial charge in [-0.1, -0.05) is 29.3 Å². The molecule has 0 aliphatic carbocycles. The summed E-state index contributed by atoms with van der Waals surface area (Å²) in [5.41, 5.74) is 1.37. The summed E-state index contributed by atoms with van der Waals surface area (Å²) in [6, 6.07) is 14.3. The zero-order valence-electron chi connectivity index (χ0n) is 18.0. The lowest BCUT2D eigenvalue weighted by atomic mass is 10.1. The van der Waals surface area contributed by atoms with Gasteiger partial charge in [0.2, 0.25) is 12.7 Å². The van der Waals surface area contributed by atoms with Crippen molar-refractivity contribution < 1.29 is 33.3 Å². The van der Waals surface area contributed by atoms with Crippen LogP contribution in [0.25, 0.3) is 6.08 Å². The third-order valence-corrected chi connectivity index (χ3v) is 5.63. The quantitative estimate of drug-likeness (QED) is 0.261. The monoisotopic (exact) mass is 511 g/mol. The number of hydrogen-bond acceptors (Lipinski definition) is 8. The molecular weight excluding hydrogens is 497 g/mol. The Kier molecular flexibility index (Phi) is 6.07. The largest absolute Gasteiger partial charge is 0.493 e. The van der Waals surface area contributed by atoms with E-state index in [0.29, 0.717) is 38.2 Å². The second-order valence-corrected chi connectivity index (χ2v) is 8.17. The number of halogens is 2. The minimum atomic E-state index is -0.636. The van der Waals surface area contributed by atoms with Crippen molar-refractivity contribution in [3.8, 4) is 23.0 Å². The molecule has 0 saturated heterocycles. The van der Waals surface area contributed by atoms with Gasteiger partial charge in [0.05, 0.1) is 23.3 Å². The fourth-order valence-corrected chi connectivity index (χ4v) is 3.88. The molecule has 3 aromatic rings. The normalized spacial score (nSPS) is 15.1. The van der Waals surface area contributed by atoms with Crippen LogP contribution >= 0.6 is 23.2 Å². The fraction of sp³-hybridized carbons (Fsp3) is 0.0800. The van der Waals surface area contributed by atoms with Crippen molar-refractivity contribution in [2.24, 2.45) is 4.99 Å². The fourth-order valence-electron chi connectivity index (χ4n) is 3.39.